The van der Waals surface area contributed by atoms with Gasteiger partial charge in [-0.3, -0.25) is 0 Å². The van der Waals surface area contributed by atoms with Crippen LogP contribution in [0.2, 0.25) is 0 Å². The number of carbonyl (C=O) groups excluding carboxylic acids is 1. The maximum atomic E-state index is 11.6. The van der Waals surface area contributed by atoms with Crippen LogP contribution in [0.1, 0.15) is 49.2 Å². The molecule has 0 aliphatic rings. The summed E-state index contributed by atoms with van der Waals surface area (Å²) < 4.78 is 4.97. The lowest BCUT2D eigenvalue weighted by Gasteiger charge is -2.19. The van der Waals surface area contributed by atoms with Crippen LogP contribution in [0.3, 0.4) is 0 Å². The fraction of sp³-hybridized carbons (Fsp3) is 0.500. The fourth-order valence-electron chi connectivity index (χ4n) is 1.67. The number of carbonyl (C=O) groups is 1. The molecule has 0 heterocycles. The third-order valence-corrected chi connectivity index (χ3v) is 3.04. The first-order valence-corrected chi connectivity index (χ1v) is 6.12. The van der Waals surface area contributed by atoms with Crippen molar-refractivity contribution in [2.24, 2.45) is 11.7 Å². The van der Waals surface area contributed by atoms with E-state index in [-0.39, 0.29) is 12.0 Å². The zero-order valence-corrected chi connectivity index (χ0v) is 10.8. The summed E-state index contributed by atoms with van der Waals surface area (Å²) in [5.41, 5.74) is 7.70. The Morgan fingerprint density at radius 3 is 2.71 bits per heavy atom. The Morgan fingerprint density at radius 1 is 1.41 bits per heavy atom. The van der Waals surface area contributed by atoms with E-state index in [0.29, 0.717) is 18.1 Å². The molecule has 2 atom stereocenters. The van der Waals surface area contributed by atoms with E-state index in [1.165, 1.54) is 0 Å². The molecule has 0 fully saturated rings. The number of hydrogen-bond acceptors (Lipinski definition) is 3. The van der Waals surface area contributed by atoms with Crippen molar-refractivity contribution in [2.45, 2.75) is 33.2 Å². The Bertz CT molecular complexity index is 376. The smallest absolute Gasteiger partial charge is 0.338 e. The van der Waals surface area contributed by atoms with Gasteiger partial charge in [0.1, 0.15) is 0 Å². The van der Waals surface area contributed by atoms with Crippen molar-refractivity contribution in [3.8, 4) is 0 Å². The highest BCUT2D eigenvalue weighted by atomic mass is 16.5. The Morgan fingerprint density at radius 2 is 2.12 bits per heavy atom. The van der Waals surface area contributed by atoms with Gasteiger partial charge in [-0.2, -0.15) is 0 Å². The van der Waals surface area contributed by atoms with Crippen molar-refractivity contribution in [1.82, 2.24) is 0 Å². The molecule has 2 N–H and O–H groups in total. The van der Waals surface area contributed by atoms with Crippen molar-refractivity contribution < 1.29 is 9.53 Å². The van der Waals surface area contributed by atoms with Gasteiger partial charge in [0.2, 0.25) is 0 Å². The second-order valence-corrected chi connectivity index (χ2v) is 4.26. The highest BCUT2D eigenvalue weighted by Gasteiger charge is 2.15. The SMILES string of the molecule is CCOC(=O)c1cccc(C(N)C(C)CC)c1. The van der Waals surface area contributed by atoms with Gasteiger partial charge in [0.05, 0.1) is 12.2 Å². The van der Waals surface area contributed by atoms with Gasteiger partial charge >= 0.3 is 5.97 Å². The summed E-state index contributed by atoms with van der Waals surface area (Å²) in [7, 11) is 0. The summed E-state index contributed by atoms with van der Waals surface area (Å²) in [6.45, 7) is 6.41. The molecule has 0 saturated heterocycles. The van der Waals surface area contributed by atoms with Crippen molar-refractivity contribution in [1.29, 1.82) is 0 Å². The van der Waals surface area contributed by atoms with Crippen LogP contribution in [0.4, 0.5) is 0 Å². The Labute approximate surface area is 103 Å². The molecule has 1 aromatic rings. The van der Waals surface area contributed by atoms with E-state index in [2.05, 4.69) is 13.8 Å². The van der Waals surface area contributed by atoms with E-state index in [1.54, 1.807) is 13.0 Å². The maximum absolute atomic E-state index is 11.6. The second-order valence-electron chi connectivity index (χ2n) is 4.26. The fourth-order valence-corrected chi connectivity index (χ4v) is 1.67. The lowest BCUT2D eigenvalue weighted by Crippen LogP contribution is -2.19. The number of esters is 1. The van der Waals surface area contributed by atoms with Crippen molar-refractivity contribution in [3.63, 3.8) is 0 Å². The zero-order valence-electron chi connectivity index (χ0n) is 10.8. The Kier molecular flexibility index (Phi) is 5.16. The first kappa shape index (κ1) is 13.7. The van der Waals surface area contributed by atoms with Crippen LogP contribution >= 0.6 is 0 Å². The highest BCUT2D eigenvalue weighted by Crippen LogP contribution is 2.22. The first-order chi connectivity index (χ1) is 8.10. The van der Waals surface area contributed by atoms with Crippen molar-refractivity contribution in [2.75, 3.05) is 6.61 Å². The average molecular weight is 235 g/mol. The molecule has 0 aliphatic carbocycles. The van der Waals surface area contributed by atoms with Crippen molar-refractivity contribution >= 4 is 5.97 Å². The monoisotopic (exact) mass is 235 g/mol. The average Bonchev–Trinajstić information content (AvgIpc) is 2.37. The Balaban J connectivity index is 2.89. The lowest BCUT2D eigenvalue weighted by molar-refractivity contribution is 0.0526. The summed E-state index contributed by atoms with van der Waals surface area (Å²) in [4.78, 5) is 11.6. The molecule has 1 rings (SSSR count). The normalized spacial score (nSPS) is 14.1. The van der Waals surface area contributed by atoms with Gasteiger partial charge < -0.3 is 10.5 Å². The van der Waals surface area contributed by atoms with E-state index in [1.807, 2.05) is 18.2 Å². The minimum absolute atomic E-state index is 0.0330. The van der Waals surface area contributed by atoms with Crippen LogP contribution in [0.15, 0.2) is 24.3 Å². The predicted octanol–water partition coefficient (Wildman–Crippen LogP) is 2.91. The predicted molar refractivity (Wildman–Crippen MR) is 68.8 cm³/mol. The second kappa shape index (κ2) is 6.40. The highest BCUT2D eigenvalue weighted by molar-refractivity contribution is 5.89. The molecular weight excluding hydrogens is 214 g/mol. The molecule has 3 heteroatoms. The lowest BCUT2D eigenvalue weighted by atomic mass is 9.92. The Hall–Kier alpha value is -1.35. The molecule has 0 amide bonds. The molecule has 0 aliphatic heterocycles. The summed E-state index contributed by atoms with van der Waals surface area (Å²) in [5, 5.41) is 0. The van der Waals surface area contributed by atoms with E-state index >= 15 is 0 Å². The number of benzene rings is 1. The molecule has 0 aromatic heterocycles. The molecule has 0 saturated carbocycles. The summed E-state index contributed by atoms with van der Waals surface area (Å²) >= 11 is 0. The maximum Gasteiger partial charge on any atom is 0.338 e. The van der Waals surface area contributed by atoms with Gasteiger partial charge in [0.15, 0.2) is 0 Å². The zero-order chi connectivity index (χ0) is 12.8. The molecule has 0 radical (unpaired) electrons. The molecule has 94 valence electrons. The van der Waals surface area contributed by atoms with E-state index in [4.69, 9.17) is 10.5 Å². The molecule has 0 spiro atoms. The standard InChI is InChI=1S/C14H21NO2/c1-4-10(3)13(15)11-7-6-8-12(9-11)14(16)17-5-2/h6-10,13H,4-5,15H2,1-3H3. The minimum atomic E-state index is -0.286. The number of rotatable bonds is 5. The van der Waals surface area contributed by atoms with Crippen LogP contribution < -0.4 is 5.73 Å². The quantitative estimate of drug-likeness (QED) is 0.798. The number of ether oxygens (including phenoxy) is 1. The van der Waals surface area contributed by atoms with Gasteiger partial charge in [0, 0.05) is 6.04 Å². The summed E-state index contributed by atoms with van der Waals surface area (Å²) in [5.74, 6) is 0.109. The third kappa shape index (κ3) is 3.56. The molecule has 0 bridgehead atoms. The third-order valence-electron chi connectivity index (χ3n) is 3.04. The van der Waals surface area contributed by atoms with E-state index in [9.17, 15) is 4.79 Å². The topological polar surface area (TPSA) is 52.3 Å². The number of hydrogen-bond donors (Lipinski definition) is 1. The van der Waals surface area contributed by atoms with E-state index in [0.717, 1.165) is 12.0 Å². The van der Waals surface area contributed by atoms with E-state index < -0.39 is 0 Å². The number of nitrogens with two attached hydrogens (primary N) is 1. The van der Waals surface area contributed by atoms with Crippen LogP contribution in [-0.2, 0) is 4.74 Å². The molecular formula is C14H21NO2. The van der Waals surface area contributed by atoms with Crippen LogP contribution in [-0.4, -0.2) is 12.6 Å². The van der Waals surface area contributed by atoms with Crippen molar-refractivity contribution in [3.05, 3.63) is 35.4 Å². The molecule has 1 aromatic carbocycles. The van der Waals surface area contributed by atoms with Gasteiger partial charge in [-0.05, 0) is 30.5 Å². The van der Waals surface area contributed by atoms with Crippen LogP contribution in [0, 0.1) is 5.92 Å². The molecule has 3 nitrogen and oxygen atoms in total. The first-order valence-electron chi connectivity index (χ1n) is 6.12. The van der Waals surface area contributed by atoms with Crippen LogP contribution in [0.25, 0.3) is 0 Å². The molecule has 2 unspecified atom stereocenters. The molecule has 17 heavy (non-hydrogen) atoms. The largest absolute Gasteiger partial charge is 0.462 e. The van der Waals surface area contributed by atoms with Gasteiger partial charge in [-0.1, -0.05) is 32.4 Å². The van der Waals surface area contributed by atoms with Gasteiger partial charge in [-0.15, -0.1) is 0 Å². The summed E-state index contributed by atoms with van der Waals surface area (Å²) in [6, 6.07) is 7.36. The minimum Gasteiger partial charge on any atom is -0.462 e. The van der Waals surface area contributed by atoms with Crippen LogP contribution in [0.5, 0.6) is 0 Å². The van der Waals surface area contributed by atoms with Gasteiger partial charge in [0.25, 0.3) is 0 Å². The van der Waals surface area contributed by atoms with Gasteiger partial charge in [-0.25, -0.2) is 4.79 Å². The summed E-state index contributed by atoms with van der Waals surface area (Å²) in [6.07, 6.45) is 1.02.